The first-order valence-corrected chi connectivity index (χ1v) is 5.51. The lowest BCUT2D eigenvalue weighted by Crippen LogP contribution is -2.37. The van der Waals surface area contributed by atoms with Crippen LogP contribution in [0.15, 0.2) is 23.8 Å². The summed E-state index contributed by atoms with van der Waals surface area (Å²) in [7, 11) is 0. The Morgan fingerprint density at radius 2 is 2.07 bits per heavy atom. The lowest BCUT2D eigenvalue weighted by Gasteiger charge is -2.41. The summed E-state index contributed by atoms with van der Waals surface area (Å²) < 4.78 is 0. The van der Waals surface area contributed by atoms with E-state index in [-0.39, 0.29) is 5.41 Å². The molecule has 1 rings (SSSR count). The second-order valence-corrected chi connectivity index (χ2v) is 4.05. The minimum Gasteiger partial charge on any atom is -0.299 e. The first kappa shape index (κ1) is 11.2. The van der Waals surface area contributed by atoms with Gasteiger partial charge in [-0.15, -0.1) is 0 Å². The molecular weight excluding hydrogens is 172 g/mol. The molecule has 0 saturated heterocycles. The maximum absolute atomic E-state index is 11.6. The van der Waals surface area contributed by atoms with E-state index in [1.54, 1.807) is 6.92 Å². The molecular formula is C13H20O. The largest absolute Gasteiger partial charge is 0.299 e. The highest BCUT2D eigenvalue weighted by atomic mass is 16.1. The Balaban J connectivity index is 2.87. The summed E-state index contributed by atoms with van der Waals surface area (Å²) in [6.07, 6.45) is 10.7. The van der Waals surface area contributed by atoms with Crippen molar-refractivity contribution in [2.45, 2.75) is 46.5 Å². The lowest BCUT2D eigenvalue weighted by atomic mass is 9.61. The molecule has 0 radical (unpaired) electrons. The van der Waals surface area contributed by atoms with Crippen LogP contribution in [0.4, 0.5) is 0 Å². The van der Waals surface area contributed by atoms with Crippen LogP contribution in [0.2, 0.25) is 0 Å². The van der Waals surface area contributed by atoms with Crippen LogP contribution < -0.4 is 0 Å². The zero-order chi connectivity index (χ0) is 10.6. The summed E-state index contributed by atoms with van der Waals surface area (Å²) in [4.78, 5) is 11.6. The number of Topliss-reactive ketones (excluding diaryl/α,β-unsaturated/α-hetero) is 1. The van der Waals surface area contributed by atoms with Gasteiger partial charge in [0.05, 0.1) is 5.41 Å². The van der Waals surface area contributed by atoms with Crippen molar-refractivity contribution in [2.75, 3.05) is 0 Å². The van der Waals surface area contributed by atoms with E-state index in [9.17, 15) is 4.79 Å². The van der Waals surface area contributed by atoms with Crippen molar-refractivity contribution in [2.24, 2.45) is 5.41 Å². The van der Waals surface area contributed by atoms with Crippen LogP contribution in [-0.2, 0) is 4.79 Å². The Hall–Kier alpha value is -0.850. The van der Waals surface area contributed by atoms with Gasteiger partial charge in [0, 0.05) is 0 Å². The lowest BCUT2D eigenvalue weighted by molar-refractivity contribution is -0.128. The van der Waals surface area contributed by atoms with E-state index in [2.05, 4.69) is 25.2 Å². The molecule has 0 aliphatic heterocycles. The van der Waals surface area contributed by atoms with E-state index in [1.807, 2.05) is 6.92 Å². The standard InChI is InChI=1S/C13H20O/c1-4-6-8-12(5-2)13(11(3)14)9-7-10-13/h5-6,8H,4,7,9-10H2,1-3H3/b8-6-,12-5+. The Morgan fingerprint density at radius 3 is 2.36 bits per heavy atom. The van der Waals surface area contributed by atoms with Crippen molar-refractivity contribution in [1.82, 2.24) is 0 Å². The SMILES string of the molecule is C/C=C(\C=C/CC)C1(C(C)=O)CCC1. The summed E-state index contributed by atoms with van der Waals surface area (Å²) in [6, 6.07) is 0. The number of ketones is 1. The molecule has 0 bridgehead atoms. The second kappa shape index (κ2) is 4.59. The van der Waals surface area contributed by atoms with Crippen molar-refractivity contribution in [1.29, 1.82) is 0 Å². The predicted octanol–water partition coefficient (Wildman–Crippen LogP) is 3.66. The van der Waals surface area contributed by atoms with Crippen molar-refractivity contribution in [3.05, 3.63) is 23.8 Å². The molecule has 0 unspecified atom stereocenters. The molecule has 1 saturated carbocycles. The average Bonchev–Trinajstić information content (AvgIpc) is 2.08. The topological polar surface area (TPSA) is 17.1 Å². The van der Waals surface area contributed by atoms with Crippen molar-refractivity contribution in [3.63, 3.8) is 0 Å². The molecule has 1 heteroatoms. The van der Waals surface area contributed by atoms with E-state index < -0.39 is 0 Å². The van der Waals surface area contributed by atoms with Gasteiger partial charge in [-0.1, -0.05) is 31.6 Å². The van der Waals surface area contributed by atoms with Crippen LogP contribution in [0.1, 0.15) is 46.5 Å². The zero-order valence-electron chi connectivity index (χ0n) is 9.47. The molecule has 0 aromatic rings. The zero-order valence-corrected chi connectivity index (χ0v) is 9.47. The molecule has 0 spiro atoms. The number of rotatable bonds is 4. The third kappa shape index (κ3) is 1.82. The first-order valence-electron chi connectivity index (χ1n) is 5.51. The number of hydrogen-bond acceptors (Lipinski definition) is 1. The van der Waals surface area contributed by atoms with Crippen molar-refractivity contribution >= 4 is 5.78 Å². The summed E-state index contributed by atoms with van der Waals surface area (Å²) >= 11 is 0. The van der Waals surface area contributed by atoms with Gasteiger partial charge in [0.15, 0.2) is 0 Å². The van der Waals surface area contributed by atoms with Gasteiger partial charge in [-0.05, 0) is 38.7 Å². The molecule has 0 aromatic heterocycles. The van der Waals surface area contributed by atoms with Crippen LogP contribution >= 0.6 is 0 Å². The summed E-state index contributed by atoms with van der Waals surface area (Å²) in [5, 5.41) is 0. The highest BCUT2D eigenvalue weighted by Gasteiger charge is 2.43. The van der Waals surface area contributed by atoms with Gasteiger partial charge < -0.3 is 0 Å². The fraction of sp³-hybridized carbons (Fsp3) is 0.615. The van der Waals surface area contributed by atoms with Crippen LogP contribution in [0.5, 0.6) is 0 Å². The van der Waals surface area contributed by atoms with Gasteiger partial charge in [0.1, 0.15) is 5.78 Å². The molecule has 0 N–H and O–H groups in total. The highest BCUT2D eigenvalue weighted by molar-refractivity contribution is 5.87. The van der Waals surface area contributed by atoms with Crippen LogP contribution in [0, 0.1) is 5.41 Å². The molecule has 0 heterocycles. The van der Waals surface area contributed by atoms with Gasteiger partial charge in [0.25, 0.3) is 0 Å². The predicted molar refractivity (Wildman–Crippen MR) is 60.2 cm³/mol. The molecule has 1 aliphatic carbocycles. The number of allylic oxidation sites excluding steroid dienone is 4. The second-order valence-electron chi connectivity index (χ2n) is 4.05. The fourth-order valence-corrected chi connectivity index (χ4v) is 2.15. The third-order valence-electron chi connectivity index (χ3n) is 3.28. The first-order chi connectivity index (χ1) is 6.67. The fourth-order valence-electron chi connectivity index (χ4n) is 2.15. The maximum atomic E-state index is 11.6. The van der Waals surface area contributed by atoms with Crippen molar-refractivity contribution in [3.8, 4) is 0 Å². The van der Waals surface area contributed by atoms with E-state index in [4.69, 9.17) is 0 Å². The van der Waals surface area contributed by atoms with E-state index in [0.717, 1.165) is 19.3 Å². The smallest absolute Gasteiger partial charge is 0.140 e. The van der Waals surface area contributed by atoms with Crippen LogP contribution in [0.3, 0.4) is 0 Å². The Morgan fingerprint density at radius 1 is 1.43 bits per heavy atom. The number of carbonyl (C=O) groups excluding carboxylic acids is 1. The van der Waals surface area contributed by atoms with Crippen LogP contribution in [-0.4, -0.2) is 5.78 Å². The Bertz CT molecular complexity index is 267. The van der Waals surface area contributed by atoms with Gasteiger partial charge in [-0.25, -0.2) is 0 Å². The molecule has 1 aliphatic rings. The van der Waals surface area contributed by atoms with E-state index in [0.29, 0.717) is 5.78 Å². The third-order valence-corrected chi connectivity index (χ3v) is 3.28. The summed E-state index contributed by atoms with van der Waals surface area (Å²) in [6.45, 7) is 5.87. The Labute approximate surface area is 86.9 Å². The summed E-state index contributed by atoms with van der Waals surface area (Å²) in [5.74, 6) is 0.331. The molecule has 1 fully saturated rings. The van der Waals surface area contributed by atoms with Gasteiger partial charge in [-0.2, -0.15) is 0 Å². The molecule has 0 atom stereocenters. The average molecular weight is 192 g/mol. The quantitative estimate of drug-likeness (QED) is 0.621. The maximum Gasteiger partial charge on any atom is 0.140 e. The van der Waals surface area contributed by atoms with Gasteiger partial charge in [-0.3, -0.25) is 4.79 Å². The summed E-state index contributed by atoms with van der Waals surface area (Å²) in [5.41, 5.74) is 1.10. The molecule has 0 aromatic carbocycles. The number of hydrogen-bond donors (Lipinski definition) is 0. The molecule has 0 amide bonds. The minimum atomic E-state index is -0.125. The van der Waals surface area contributed by atoms with Gasteiger partial charge in [0.2, 0.25) is 0 Å². The van der Waals surface area contributed by atoms with Crippen molar-refractivity contribution < 1.29 is 4.79 Å². The normalized spacial score (nSPS) is 20.9. The van der Waals surface area contributed by atoms with E-state index >= 15 is 0 Å². The van der Waals surface area contributed by atoms with Crippen LogP contribution in [0.25, 0.3) is 0 Å². The van der Waals surface area contributed by atoms with E-state index in [1.165, 1.54) is 12.0 Å². The Kier molecular flexibility index (Phi) is 3.68. The monoisotopic (exact) mass is 192 g/mol. The number of carbonyl (C=O) groups is 1. The minimum absolute atomic E-state index is 0.125. The molecule has 78 valence electrons. The molecule has 1 nitrogen and oxygen atoms in total. The molecule has 14 heavy (non-hydrogen) atoms. The van der Waals surface area contributed by atoms with Gasteiger partial charge >= 0.3 is 0 Å². The highest BCUT2D eigenvalue weighted by Crippen LogP contribution is 2.48.